The summed E-state index contributed by atoms with van der Waals surface area (Å²) in [6.07, 6.45) is 5.69. The van der Waals surface area contributed by atoms with Crippen LogP contribution in [0.5, 0.6) is 0 Å². The zero-order valence-corrected chi connectivity index (χ0v) is 21.4. The van der Waals surface area contributed by atoms with Crippen LogP contribution in [0.1, 0.15) is 36.8 Å². The lowest BCUT2D eigenvalue weighted by Gasteiger charge is -2.45. The number of hydrogen-bond donors (Lipinski definition) is 1. The van der Waals surface area contributed by atoms with Crippen LogP contribution < -0.4 is 0 Å². The zero-order chi connectivity index (χ0) is 22.1. The maximum atomic E-state index is 12.4. The second-order valence-corrected chi connectivity index (χ2v) is 9.16. The molecule has 2 unspecified atom stereocenters. The molecule has 0 radical (unpaired) electrons. The van der Waals surface area contributed by atoms with Gasteiger partial charge in [-0.05, 0) is 48.3 Å². The summed E-state index contributed by atoms with van der Waals surface area (Å²) in [6, 6.07) is 21.3. The first-order chi connectivity index (χ1) is 15.2. The molecule has 0 bridgehead atoms. The number of hydrogen-bond acceptors (Lipinski definition) is 3. The fourth-order valence-corrected chi connectivity index (χ4v) is 5.48. The third-order valence-corrected chi connectivity index (χ3v) is 7.24. The Morgan fingerprint density at radius 1 is 0.903 bits per heavy atom. The second kappa shape index (κ2) is 12.3. The molecule has 1 heterocycles. The van der Waals surface area contributed by atoms with Crippen molar-refractivity contribution >= 4 is 22.6 Å². The van der Waals surface area contributed by atoms with Crippen molar-refractivity contribution in [3.05, 3.63) is 71.8 Å². The molecule has 0 spiro atoms. The van der Waals surface area contributed by atoms with Gasteiger partial charge in [-0.3, -0.25) is 0 Å². The topological polar surface area (TPSA) is 26.7 Å². The molecule has 2 aliphatic rings. The van der Waals surface area contributed by atoms with Crippen LogP contribution in [-0.4, -0.2) is 59.6 Å². The van der Waals surface area contributed by atoms with E-state index in [9.17, 15) is 5.11 Å². The van der Waals surface area contributed by atoms with E-state index < -0.39 is 5.60 Å². The molecule has 4 heteroatoms. The maximum absolute atomic E-state index is 12.4. The SMILES string of the molecule is CI.CN1CCN(CC(Cc2ccccc2)C(O)(c2ccccc2)C2CCCC2)CC1. The molecule has 1 aliphatic carbocycles. The lowest BCUT2D eigenvalue weighted by Crippen LogP contribution is -2.52. The molecule has 2 aromatic carbocycles. The monoisotopic (exact) mass is 534 g/mol. The smallest absolute Gasteiger partial charge is 0.0967 e. The molecule has 170 valence electrons. The Morgan fingerprint density at radius 3 is 2.03 bits per heavy atom. The van der Waals surface area contributed by atoms with E-state index in [0.29, 0.717) is 5.92 Å². The molecule has 1 N–H and O–H groups in total. The number of aliphatic hydroxyl groups is 1. The van der Waals surface area contributed by atoms with Crippen LogP contribution >= 0.6 is 22.6 Å². The largest absolute Gasteiger partial charge is 0.385 e. The average Bonchev–Trinajstić information content (AvgIpc) is 3.38. The van der Waals surface area contributed by atoms with E-state index in [2.05, 4.69) is 100 Å². The average molecular weight is 535 g/mol. The van der Waals surface area contributed by atoms with Gasteiger partial charge in [0.05, 0.1) is 5.60 Å². The first kappa shape index (κ1) is 24.7. The molecule has 1 saturated heterocycles. The highest BCUT2D eigenvalue weighted by atomic mass is 127. The molecule has 3 nitrogen and oxygen atoms in total. The van der Waals surface area contributed by atoms with Gasteiger partial charge in [0.1, 0.15) is 0 Å². The molecule has 0 amide bonds. The zero-order valence-electron chi connectivity index (χ0n) is 19.2. The Kier molecular flexibility index (Phi) is 9.82. The van der Waals surface area contributed by atoms with Gasteiger partial charge in [-0.1, -0.05) is 96.1 Å². The van der Waals surface area contributed by atoms with E-state index in [1.54, 1.807) is 0 Å². The fourth-order valence-electron chi connectivity index (χ4n) is 5.48. The van der Waals surface area contributed by atoms with Crippen molar-refractivity contribution in [3.8, 4) is 0 Å². The van der Waals surface area contributed by atoms with E-state index in [0.717, 1.165) is 57.5 Å². The summed E-state index contributed by atoms with van der Waals surface area (Å²) < 4.78 is 0. The lowest BCUT2D eigenvalue weighted by atomic mass is 9.69. The van der Waals surface area contributed by atoms with Crippen molar-refractivity contribution < 1.29 is 5.11 Å². The third-order valence-electron chi connectivity index (χ3n) is 7.24. The number of alkyl halides is 1. The summed E-state index contributed by atoms with van der Waals surface area (Å²) in [5.41, 5.74) is 1.68. The molecule has 31 heavy (non-hydrogen) atoms. The van der Waals surface area contributed by atoms with Gasteiger partial charge in [0.25, 0.3) is 0 Å². The fraction of sp³-hybridized carbons (Fsp3) is 0.556. The summed E-state index contributed by atoms with van der Waals surface area (Å²) >= 11 is 2.15. The molecule has 4 rings (SSSR count). The van der Waals surface area contributed by atoms with Gasteiger partial charge >= 0.3 is 0 Å². The first-order valence-corrected chi connectivity index (χ1v) is 13.9. The van der Waals surface area contributed by atoms with Gasteiger partial charge in [-0.25, -0.2) is 0 Å². The van der Waals surface area contributed by atoms with Gasteiger partial charge in [-0.2, -0.15) is 0 Å². The molecular weight excluding hydrogens is 495 g/mol. The standard InChI is InChI=1S/C26H36N2O.CH3I/c1-27-16-18-28(19-17-27)21-25(20-22-10-4-2-5-11-22)26(29,24-14-8-9-15-24)23-12-6-3-7-13-23;1-2/h2-7,10-13,24-25,29H,8-9,14-21H2,1H3;1H3. The predicted molar refractivity (Wildman–Crippen MR) is 140 cm³/mol. The van der Waals surface area contributed by atoms with Crippen LogP contribution in [0, 0.1) is 11.8 Å². The van der Waals surface area contributed by atoms with Gasteiger partial charge in [-0.15, -0.1) is 0 Å². The highest BCUT2D eigenvalue weighted by molar-refractivity contribution is 14.1. The van der Waals surface area contributed by atoms with Crippen molar-refractivity contribution in [2.45, 2.75) is 37.7 Å². The van der Waals surface area contributed by atoms with Crippen LogP contribution in [0.2, 0.25) is 0 Å². The molecule has 1 aliphatic heterocycles. The van der Waals surface area contributed by atoms with Crippen LogP contribution in [0.25, 0.3) is 0 Å². The Morgan fingerprint density at radius 2 is 1.45 bits per heavy atom. The number of piperazine rings is 1. The maximum Gasteiger partial charge on any atom is 0.0967 e. The molecule has 2 aromatic rings. The van der Waals surface area contributed by atoms with Crippen LogP contribution in [0.15, 0.2) is 60.7 Å². The van der Waals surface area contributed by atoms with E-state index in [-0.39, 0.29) is 5.92 Å². The van der Waals surface area contributed by atoms with Crippen molar-refractivity contribution in [2.75, 3.05) is 44.7 Å². The van der Waals surface area contributed by atoms with Crippen LogP contribution in [-0.2, 0) is 12.0 Å². The summed E-state index contributed by atoms with van der Waals surface area (Å²) in [6.45, 7) is 5.38. The second-order valence-electron chi connectivity index (χ2n) is 9.16. The van der Waals surface area contributed by atoms with E-state index in [4.69, 9.17) is 0 Å². The number of likely N-dealkylation sites (N-methyl/N-ethyl adjacent to an activating group) is 1. The Labute approximate surface area is 203 Å². The van der Waals surface area contributed by atoms with Gasteiger partial charge in [0, 0.05) is 38.6 Å². The first-order valence-electron chi connectivity index (χ1n) is 11.8. The minimum Gasteiger partial charge on any atom is -0.385 e. The summed E-state index contributed by atoms with van der Waals surface area (Å²) in [5.74, 6) is 0.546. The van der Waals surface area contributed by atoms with Crippen molar-refractivity contribution in [1.29, 1.82) is 0 Å². The number of nitrogens with zero attached hydrogens (tertiary/aromatic N) is 2. The van der Waals surface area contributed by atoms with Gasteiger partial charge in [0.15, 0.2) is 0 Å². The Bertz CT molecular complexity index is 742. The molecular formula is C27H39IN2O. The molecule has 2 fully saturated rings. The molecule has 1 saturated carbocycles. The number of halogens is 1. The Hall–Kier alpha value is -0.950. The third kappa shape index (κ3) is 6.31. The highest BCUT2D eigenvalue weighted by Gasteiger charge is 2.46. The van der Waals surface area contributed by atoms with E-state index >= 15 is 0 Å². The van der Waals surface area contributed by atoms with Gasteiger partial charge < -0.3 is 14.9 Å². The van der Waals surface area contributed by atoms with E-state index in [1.165, 1.54) is 18.4 Å². The van der Waals surface area contributed by atoms with Crippen LogP contribution in [0.4, 0.5) is 0 Å². The normalized spacial score (nSPS) is 21.2. The highest BCUT2D eigenvalue weighted by Crippen LogP contribution is 2.46. The van der Waals surface area contributed by atoms with Gasteiger partial charge in [0.2, 0.25) is 0 Å². The van der Waals surface area contributed by atoms with Crippen molar-refractivity contribution in [2.24, 2.45) is 11.8 Å². The van der Waals surface area contributed by atoms with E-state index in [1.807, 2.05) is 4.93 Å². The quantitative estimate of drug-likeness (QED) is 0.390. The minimum absolute atomic E-state index is 0.193. The lowest BCUT2D eigenvalue weighted by molar-refractivity contribution is -0.0867. The van der Waals surface area contributed by atoms with Crippen LogP contribution in [0.3, 0.4) is 0 Å². The summed E-state index contributed by atoms with van der Waals surface area (Å²) in [5, 5.41) is 12.4. The predicted octanol–water partition coefficient (Wildman–Crippen LogP) is 5.22. The van der Waals surface area contributed by atoms with Crippen molar-refractivity contribution in [3.63, 3.8) is 0 Å². The molecule has 2 atom stereocenters. The number of benzene rings is 2. The van der Waals surface area contributed by atoms with Crippen molar-refractivity contribution in [1.82, 2.24) is 9.80 Å². The molecule has 0 aromatic heterocycles. The Balaban J connectivity index is 0.00000132. The number of rotatable bonds is 7. The summed E-state index contributed by atoms with van der Waals surface area (Å²) in [7, 11) is 2.21. The minimum atomic E-state index is -0.767. The summed E-state index contributed by atoms with van der Waals surface area (Å²) in [4.78, 5) is 6.96.